The molecule has 1 amide bonds. The van der Waals surface area contributed by atoms with Gasteiger partial charge >= 0.3 is 5.97 Å². The minimum Gasteiger partial charge on any atom is -0.468 e. The molecule has 0 bridgehead atoms. The lowest BCUT2D eigenvalue weighted by atomic mass is 9.99. The number of aromatic nitrogens is 4. The van der Waals surface area contributed by atoms with E-state index in [1.54, 1.807) is 0 Å². The molecule has 0 saturated carbocycles. The lowest BCUT2D eigenvalue weighted by molar-refractivity contribution is -0.141. The molecule has 0 aliphatic carbocycles. The number of methoxy groups -OCH3 is 1. The van der Waals surface area contributed by atoms with Crippen LogP contribution < -0.4 is 0 Å². The van der Waals surface area contributed by atoms with E-state index in [4.69, 9.17) is 0 Å². The molecular weight excluding hydrogens is 294 g/mol. The van der Waals surface area contributed by atoms with Crippen LogP contribution in [0.4, 0.5) is 0 Å². The average molecular weight is 313 g/mol. The normalized spacial score (nSPS) is 16.0. The van der Waals surface area contributed by atoms with Crippen LogP contribution in [0.3, 0.4) is 0 Å². The molecule has 9 heteroatoms. The van der Waals surface area contributed by atoms with Crippen LogP contribution in [0.5, 0.6) is 0 Å². The first-order chi connectivity index (χ1) is 10.1. The van der Waals surface area contributed by atoms with Crippen LogP contribution in [-0.2, 0) is 20.9 Å². The Balaban J connectivity index is 1.84. The molecule has 116 valence electrons. The lowest BCUT2D eigenvalue weighted by Gasteiger charge is -2.30. The Morgan fingerprint density at radius 1 is 1.38 bits per heavy atom. The van der Waals surface area contributed by atoms with Gasteiger partial charge in [-0.05, 0) is 29.2 Å². The second kappa shape index (κ2) is 7.39. The molecule has 1 aromatic rings. The highest BCUT2D eigenvalue weighted by molar-refractivity contribution is 7.99. The van der Waals surface area contributed by atoms with Crippen LogP contribution in [0.25, 0.3) is 0 Å². The van der Waals surface area contributed by atoms with Gasteiger partial charge in [0.25, 0.3) is 0 Å². The summed E-state index contributed by atoms with van der Waals surface area (Å²) in [6.07, 6.45) is 2.10. The molecule has 21 heavy (non-hydrogen) atoms. The predicted octanol–water partition coefficient (Wildman–Crippen LogP) is 0.197. The van der Waals surface area contributed by atoms with Gasteiger partial charge in [-0.1, -0.05) is 18.7 Å². The van der Waals surface area contributed by atoms with Crippen LogP contribution in [0, 0.1) is 5.92 Å². The molecule has 2 heterocycles. The summed E-state index contributed by atoms with van der Waals surface area (Å²) in [6.45, 7) is 3.78. The number of rotatable bonds is 5. The second-order valence-electron chi connectivity index (χ2n) is 5.05. The zero-order chi connectivity index (χ0) is 15.2. The van der Waals surface area contributed by atoms with Crippen molar-refractivity contribution >= 4 is 23.6 Å². The highest BCUT2D eigenvalue weighted by atomic mass is 32.2. The van der Waals surface area contributed by atoms with Gasteiger partial charge in [0.1, 0.15) is 6.54 Å². The van der Waals surface area contributed by atoms with E-state index < -0.39 is 5.97 Å². The fourth-order valence-corrected chi connectivity index (χ4v) is 2.84. The van der Waals surface area contributed by atoms with E-state index in [1.165, 1.54) is 23.6 Å². The lowest BCUT2D eigenvalue weighted by Crippen LogP contribution is -2.38. The smallest absolute Gasteiger partial charge is 0.327 e. The Labute approximate surface area is 127 Å². The highest BCUT2D eigenvalue weighted by Crippen LogP contribution is 2.19. The first-order valence-corrected chi connectivity index (χ1v) is 7.82. The summed E-state index contributed by atoms with van der Waals surface area (Å²) < 4.78 is 5.90. The van der Waals surface area contributed by atoms with Crippen molar-refractivity contribution in [1.82, 2.24) is 25.1 Å². The van der Waals surface area contributed by atoms with Gasteiger partial charge in [0.15, 0.2) is 0 Å². The Kier molecular flexibility index (Phi) is 5.54. The number of likely N-dealkylation sites (tertiary alicyclic amines) is 1. The standard InChI is InChI=1S/C12H19N5O3S/c1-9-3-5-16(6-4-9)10(18)8-21-12-13-14-15-17(12)7-11(19)20-2/h9H,3-8H2,1-2H3. The number of tetrazole rings is 1. The maximum absolute atomic E-state index is 12.1. The van der Waals surface area contributed by atoms with Crippen LogP contribution in [0.1, 0.15) is 19.8 Å². The van der Waals surface area contributed by atoms with Crippen LogP contribution >= 0.6 is 11.8 Å². The summed E-state index contributed by atoms with van der Waals surface area (Å²) in [5.41, 5.74) is 0. The number of carbonyl (C=O) groups is 2. The van der Waals surface area contributed by atoms with Crippen LogP contribution in [-0.4, -0.2) is 62.9 Å². The molecule has 0 N–H and O–H groups in total. The van der Waals surface area contributed by atoms with Crippen molar-refractivity contribution in [2.24, 2.45) is 5.92 Å². The van der Waals surface area contributed by atoms with Gasteiger partial charge in [-0.2, -0.15) is 0 Å². The van der Waals surface area contributed by atoms with Crippen molar-refractivity contribution in [2.75, 3.05) is 26.0 Å². The van der Waals surface area contributed by atoms with E-state index >= 15 is 0 Å². The zero-order valence-corrected chi connectivity index (χ0v) is 13.0. The van der Waals surface area contributed by atoms with Gasteiger partial charge < -0.3 is 9.64 Å². The summed E-state index contributed by atoms with van der Waals surface area (Å²) in [5.74, 6) is 0.615. The summed E-state index contributed by atoms with van der Waals surface area (Å²) in [7, 11) is 1.31. The zero-order valence-electron chi connectivity index (χ0n) is 12.2. The summed E-state index contributed by atoms with van der Waals surface area (Å²) in [6, 6.07) is 0. The number of hydrogen-bond acceptors (Lipinski definition) is 7. The van der Waals surface area contributed by atoms with Gasteiger partial charge in [0.05, 0.1) is 12.9 Å². The Morgan fingerprint density at radius 3 is 2.76 bits per heavy atom. The molecule has 1 aliphatic heterocycles. The van der Waals surface area contributed by atoms with E-state index in [0.29, 0.717) is 11.1 Å². The second-order valence-corrected chi connectivity index (χ2v) is 5.99. The van der Waals surface area contributed by atoms with Gasteiger partial charge in [0, 0.05) is 13.1 Å². The van der Waals surface area contributed by atoms with E-state index in [1.807, 2.05) is 4.90 Å². The minimum absolute atomic E-state index is 0.0543. The monoisotopic (exact) mass is 313 g/mol. The average Bonchev–Trinajstić information content (AvgIpc) is 2.92. The highest BCUT2D eigenvalue weighted by Gasteiger charge is 2.21. The number of amides is 1. The largest absolute Gasteiger partial charge is 0.468 e. The van der Waals surface area contributed by atoms with Crippen molar-refractivity contribution < 1.29 is 14.3 Å². The van der Waals surface area contributed by atoms with Crippen molar-refractivity contribution in [3.63, 3.8) is 0 Å². The molecule has 0 unspecified atom stereocenters. The summed E-state index contributed by atoms with van der Waals surface area (Å²) >= 11 is 1.24. The number of piperidine rings is 1. The molecule has 1 aromatic heterocycles. The maximum Gasteiger partial charge on any atom is 0.327 e. The summed E-state index contributed by atoms with van der Waals surface area (Å²) in [4.78, 5) is 25.2. The molecule has 0 atom stereocenters. The van der Waals surface area contributed by atoms with Gasteiger partial charge in [-0.15, -0.1) is 5.10 Å². The maximum atomic E-state index is 12.1. The third-order valence-electron chi connectivity index (χ3n) is 3.47. The van der Waals surface area contributed by atoms with Crippen molar-refractivity contribution in [3.8, 4) is 0 Å². The predicted molar refractivity (Wildman–Crippen MR) is 75.5 cm³/mol. The number of thioether (sulfide) groups is 1. The number of ether oxygens (including phenoxy) is 1. The van der Waals surface area contributed by atoms with Crippen molar-refractivity contribution in [2.45, 2.75) is 31.5 Å². The fourth-order valence-electron chi connectivity index (χ4n) is 2.06. The SMILES string of the molecule is COC(=O)Cn1nnnc1SCC(=O)N1CCC(C)CC1. The Bertz CT molecular complexity index is 499. The van der Waals surface area contributed by atoms with Crippen molar-refractivity contribution in [3.05, 3.63) is 0 Å². The molecule has 2 rings (SSSR count). The molecular formula is C12H19N5O3S. The number of esters is 1. The topological polar surface area (TPSA) is 90.2 Å². The number of hydrogen-bond donors (Lipinski definition) is 0. The molecule has 8 nitrogen and oxygen atoms in total. The molecule has 1 saturated heterocycles. The van der Waals surface area contributed by atoms with Gasteiger partial charge in [-0.25, -0.2) is 4.68 Å². The summed E-state index contributed by atoms with van der Waals surface area (Å²) in [5, 5.41) is 11.5. The van der Waals surface area contributed by atoms with Crippen LogP contribution in [0.15, 0.2) is 5.16 Å². The quantitative estimate of drug-likeness (QED) is 0.566. The Hall–Kier alpha value is -1.64. The minimum atomic E-state index is -0.430. The number of nitrogens with zero attached hydrogens (tertiary/aromatic N) is 5. The van der Waals surface area contributed by atoms with E-state index in [9.17, 15) is 9.59 Å². The molecule has 1 aliphatic rings. The molecule has 0 spiro atoms. The fraction of sp³-hybridized carbons (Fsp3) is 0.750. The molecule has 1 fully saturated rings. The Morgan fingerprint density at radius 2 is 2.10 bits per heavy atom. The van der Waals surface area contributed by atoms with E-state index in [-0.39, 0.29) is 18.2 Å². The van der Waals surface area contributed by atoms with Gasteiger partial charge in [-0.3, -0.25) is 9.59 Å². The van der Waals surface area contributed by atoms with Crippen LogP contribution in [0.2, 0.25) is 0 Å². The molecule has 0 aromatic carbocycles. The third kappa shape index (κ3) is 4.42. The third-order valence-corrected chi connectivity index (χ3v) is 4.41. The number of carbonyl (C=O) groups excluding carboxylic acids is 2. The van der Waals surface area contributed by atoms with Crippen molar-refractivity contribution in [1.29, 1.82) is 0 Å². The first-order valence-electron chi connectivity index (χ1n) is 6.83. The first kappa shape index (κ1) is 15.7. The van der Waals surface area contributed by atoms with E-state index in [2.05, 4.69) is 27.2 Å². The van der Waals surface area contributed by atoms with E-state index in [0.717, 1.165) is 25.9 Å². The molecule has 0 radical (unpaired) electrons. The van der Waals surface area contributed by atoms with Gasteiger partial charge in [0.2, 0.25) is 11.1 Å².